The van der Waals surface area contributed by atoms with E-state index in [9.17, 15) is 9.59 Å². The second kappa shape index (κ2) is 7.70. The molecule has 2 amide bonds. The smallest absolute Gasteiger partial charge is 0.258 e. The van der Waals surface area contributed by atoms with E-state index in [0.717, 1.165) is 13.1 Å². The number of benzene rings is 1. The summed E-state index contributed by atoms with van der Waals surface area (Å²) < 4.78 is 1.63. The van der Waals surface area contributed by atoms with Crippen molar-refractivity contribution in [2.24, 2.45) is 7.05 Å². The molecule has 1 aliphatic rings. The first-order chi connectivity index (χ1) is 12.5. The Kier molecular flexibility index (Phi) is 5.37. The summed E-state index contributed by atoms with van der Waals surface area (Å²) in [5.74, 6) is -0.277. The summed E-state index contributed by atoms with van der Waals surface area (Å²) in [4.78, 5) is 29.3. The third-order valence-corrected chi connectivity index (χ3v) is 4.77. The van der Waals surface area contributed by atoms with Gasteiger partial charge in [0.1, 0.15) is 6.04 Å². The maximum atomic E-state index is 13.0. The van der Waals surface area contributed by atoms with Gasteiger partial charge in [-0.25, -0.2) is 0 Å². The van der Waals surface area contributed by atoms with Crippen LogP contribution in [0.3, 0.4) is 0 Å². The number of likely N-dealkylation sites (N-methyl/N-ethyl adjacent to an activating group) is 1. The summed E-state index contributed by atoms with van der Waals surface area (Å²) in [6, 6.07) is 9.65. The minimum absolute atomic E-state index is 0.136. The van der Waals surface area contributed by atoms with Crippen LogP contribution in [0.25, 0.3) is 0 Å². The average Bonchev–Trinajstić information content (AvgIpc) is 2.99. The Morgan fingerprint density at radius 2 is 1.96 bits per heavy atom. The van der Waals surface area contributed by atoms with Crippen molar-refractivity contribution in [3.05, 3.63) is 53.3 Å². The number of aryl methyl sites for hydroxylation is 2. The quantitative estimate of drug-likeness (QED) is 0.881. The molecule has 1 aromatic heterocycles. The number of nitrogens with zero attached hydrogens (tertiary/aromatic N) is 4. The molecule has 1 fully saturated rings. The molecule has 1 unspecified atom stereocenters. The van der Waals surface area contributed by atoms with Crippen LogP contribution in [0.1, 0.15) is 21.6 Å². The maximum Gasteiger partial charge on any atom is 0.258 e. The molecule has 2 heterocycles. The van der Waals surface area contributed by atoms with E-state index in [1.807, 2.05) is 25.1 Å². The van der Waals surface area contributed by atoms with Gasteiger partial charge in [-0.15, -0.1) is 0 Å². The van der Waals surface area contributed by atoms with Crippen LogP contribution in [0.15, 0.2) is 36.5 Å². The first-order valence-electron chi connectivity index (χ1n) is 8.78. The molecule has 0 radical (unpaired) electrons. The van der Waals surface area contributed by atoms with Crippen LogP contribution < -0.4 is 5.32 Å². The van der Waals surface area contributed by atoms with Crippen molar-refractivity contribution in [2.75, 3.05) is 26.7 Å². The highest BCUT2D eigenvalue weighted by atomic mass is 16.2. The normalized spacial score (nSPS) is 18.0. The summed E-state index contributed by atoms with van der Waals surface area (Å²) in [5, 5.41) is 6.94. The van der Waals surface area contributed by atoms with Gasteiger partial charge in [-0.3, -0.25) is 19.2 Å². The summed E-state index contributed by atoms with van der Waals surface area (Å²) >= 11 is 0. The fraction of sp³-hybridized carbons (Fsp3) is 0.421. The Bertz CT molecular complexity index is 786. The molecule has 1 atom stereocenters. The Morgan fingerprint density at radius 1 is 1.23 bits per heavy atom. The van der Waals surface area contributed by atoms with Crippen molar-refractivity contribution in [3.8, 4) is 0 Å². The van der Waals surface area contributed by atoms with Crippen LogP contribution in [-0.4, -0.2) is 64.1 Å². The number of amides is 2. The van der Waals surface area contributed by atoms with Crippen LogP contribution in [0.2, 0.25) is 0 Å². The Labute approximate surface area is 153 Å². The zero-order valence-corrected chi connectivity index (χ0v) is 15.5. The molecule has 26 heavy (non-hydrogen) atoms. The van der Waals surface area contributed by atoms with Gasteiger partial charge >= 0.3 is 0 Å². The zero-order valence-electron chi connectivity index (χ0n) is 15.5. The number of rotatable bonds is 4. The lowest BCUT2D eigenvalue weighted by Crippen LogP contribution is -2.60. The summed E-state index contributed by atoms with van der Waals surface area (Å²) in [5.41, 5.74) is 2.43. The lowest BCUT2D eigenvalue weighted by atomic mass is 10.1. The second-order valence-corrected chi connectivity index (χ2v) is 6.65. The van der Waals surface area contributed by atoms with Gasteiger partial charge in [0.2, 0.25) is 5.91 Å². The third-order valence-electron chi connectivity index (χ3n) is 4.77. The van der Waals surface area contributed by atoms with Crippen LogP contribution >= 0.6 is 0 Å². The van der Waals surface area contributed by atoms with Crippen molar-refractivity contribution in [1.29, 1.82) is 0 Å². The maximum absolute atomic E-state index is 13.0. The van der Waals surface area contributed by atoms with Gasteiger partial charge in [0.25, 0.3) is 5.91 Å². The molecule has 1 saturated heterocycles. The molecule has 0 saturated carbocycles. The highest BCUT2D eigenvalue weighted by Crippen LogP contribution is 2.18. The molecule has 1 N–H and O–H groups in total. The van der Waals surface area contributed by atoms with E-state index in [1.165, 1.54) is 5.56 Å². The van der Waals surface area contributed by atoms with Gasteiger partial charge in [-0.05, 0) is 12.5 Å². The van der Waals surface area contributed by atoms with E-state index >= 15 is 0 Å². The molecule has 0 aliphatic carbocycles. The van der Waals surface area contributed by atoms with E-state index < -0.39 is 6.04 Å². The third kappa shape index (κ3) is 3.77. The van der Waals surface area contributed by atoms with E-state index in [0.29, 0.717) is 24.3 Å². The number of hydrogen-bond acceptors (Lipinski definition) is 4. The summed E-state index contributed by atoms with van der Waals surface area (Å²) in [6.07, 6.45) is 1.72. The summed E-state index contributed by atoms with van der Waals surface area (Å²) in [7, 11) is 3.40. The minimum Gasteiger partial charge on any atom is -0.357 e. The molecular weight excluding hydrogens is 330 g/mol. The highest BCUT2D eigenvalue weighted by molar-refractivity contribution is 5.98. The van der Waals surface area contributed by atoms with E-state index in [2.05, 4.69) is 27.4 Å². The Balaban J connectivity index is 1.77. The van der Waals surface area contributed by atoms with Gasteiger partial charge in [0, 0.05) is 46.5 Å². The van der Waals surface area contributed by atoms with Crippen LogP contribution in [0.4, 0.5) is 0 Å². The van der Waals surface area contributed by atoms with Crippen molar-refractivity contribution in [3.63, 3.8) is 0 Å². The number of hydrogen-bond donors (Lipinski definition) is 1. The van der Waals surface area contributed by atoms with E-state index in [1.54, 1.807) is 29.9 Å². The lowest BCUT2D eigenvalue weighted by Gasteiger charge is -2.40. The molecule has 138 valence electrons. The number of aromatic nitrogens is 2. The average molecular weight is 355 g/mol. The first kappa shape index (κ1) is 18.1. The van der Waals surface area contributed by atoms with E-state index in [4.69, 9.17) is 0 Å². The molecule has 2 aromatic rings. The van der Waals surface area contributed by atoms with Gasteiger partial charge in [0.05, 0.1) is 11.3 Å². The SMILES string of the molecule is CNC(=O)C1CN(Cc2ccccc2)CCN1C(=O)c1cn(C)nc1C. The van der Waals surface area contributed by atoms with Crippen molar-refractivity contribution >= 4 is 11.8 Å². The molecule has 0 spiro atoms. The number of carbonyl (C=O) groups excluding carboxylic acids is 2. The predicted molar refractivity (Wildman–Crippen MR) is 98.6 cm³/mol. The fourth-order valence-corrected chi connectivity index (χ4v) is 3.42. The number of piperazine rings is 1. The number of nitrogens with one attached hydrogen (secondary N) is 1. The van der Waals surface area contributed by atoms with Gasteiger partial charge in [0.15, 0.2) is 0 Å². The molecule has 7 heteroatoms. The van der Waals surface area contributed by atoms with Crippen LogP contribution in [-0.2, 0) is 18.4 Å². The summed E-state index contributed by atoms with van der Waals surface area (Å²) in [6.45, 7) is 4.33. The highest BCUT2D eigenvalue weighted by Gasteiger charge is 2.36. The monoisotopic (exact) mass is 355 g/mol. The Morgan fingerprint density at radius 3 is 2.58 bits per heavy atom. The van der Waals surface area contributed by atoms with Crippen LogP contribution in [0.5, 0.6) is 0 Å². The lowest BCUT2D eigenvalue weighted by molar-refractivity contribution is -0.127. The predicted octanol–water partition coefficient (Wildman–Crippen LogP) is 0.801. The van der Waals surface area contributed by atoms with Crippen molar-refractivity contribution in [2.45, 2.75) is 19.5 Å². The minimum atomic E-state index is -0.510. The van der Waals surface area contributed by atoms with E-state index in [-0.39, 0.29) is 11.8 Å². The first-order valence-corrected chi connectivity index (χ1v) is 8.78. The largest absolute Gasteiger partial charge is 0.357 e. The topological polar surface area (TPSA) is 70.5 Å². The molecule has 1 aromatic carbocycles. The van der Waals surface area contributed by atoms with Crippen LogP contribution in [0, 0.1) is 6.92 Å². The van der Waals surface area contributed by atoms with Gasteiger partial charge in [-0.2, -0.15) is 5.10 Å². The molecular formula is C19H25N5O2. The van der Waals surface area contributed by atoms with Gasteiger partial charge in [-0.1, -0.05) is 30.3 Å². The Hall–Kier alpha value is -2.67. The van der Waals surface area contributed by atoms with Crippen molar-refractivity contribution < 1.29 is 9.59 Å². The molecule has 0 bridgehead atoms. The number of carbonyl (C=O) groups is 2. The zero-order chi connectivity index (χ0) is 18.7. The second-order valence-electron chi connectivity index (χ2n) is 6.65. The fourth-order valence-electron chi connectivity index (χ4n) is 3.42. The molecule has 1 aliphatic heterocycles. The van der Waals surface area contributed by atoms with Crippen molar-refractivity contribution in [1.82, 2.24) is 24.9 Å². The molecule has 3 rings (SSSR count). The van der Waals surface area contributed by atoms with Gasteiger partial charge < -0.3 is 10.2 Å². The standard InChI is InChI=1S/C19H25N5O2/c1-14-16(12-22(3)21-14)19(26)24-10-9-23(13-17(24)18(25)20-2)11-15-7-5-4-6-8-15/h4-8,12,17H,9-11,13H2,1-3H3,(H,20,25). The molecule has 7 nitrogen and oxygen atoms in total.